The molecule has 0 aliphatic rings. The van der Waals surface area contributed by atoms with Crippen molar-refractivity contribution in [2.75, 3.05) is 22.9 Å². The van der Waals surface area contributed by atoms with Gasteiger partial charge in [-0.15, -0.1) is 0 Å². The number of nitrogens with zero attached hydrogens (tertiary/aromatic N) is 3. The van der Waals surface area contributed by atoms with Gasteiger partial charge in [0, 0.05) is 37.1 Å². The highest BCUT2D eigenvalue weighted by Crippen LogP contribution is 2.34. The Labute approximate surface area is 147 Å². The van der Waals surface area contributed by atoms with Crippen molar-refractivity contribution in [2.24, 2.45) is 5.92 Å². The zero-order chi connectivity index (χ0) is 18.7. The monoisotopic (exact) mass is 357 g/mol. The molecule has 0 aliphatic carbocycles. The number of rotatable bonds is 5. The molecule has 0 heterocycles. The lowest BCUT2D eigenvalue weighted by Gasteiger charge is -2.25. The Bertz CT molecular complexity index is 614. The Morgan fingerprint density at radius 1 is 1.38 bits per heavy atom. The molecular formula is C16H24ClN3O4. The Kier molecular flexibility index (Phi) is 6.42. The number of hydrogen-bond donors (Lipinski definition) is 0. The van der Waals surface area contributed by atoms with E-state index in [0.29, 0.717) is 10.3 Å². The largest absolute Gasteiger partial charge is 0.443 e. The molecule has 0 saturated carbocycles. The van der Waals surface area contributed by atoms with Crippen molar-refractivity contribution in [3.8, 4) is 0 Å². The maximum absolute atomic E-state index is 12.1. The first-order chi connectivity index (χ1) is 10.9. The van der Waals surface area contributed by atoms with Crippen LogP contribution in [0.1, 0.15) is 34.6 Å². The second-order valence-electron chi connectivity index (χ2n) is 6.97. The molecule has 7 nitrogen and oxygen atoms in total. The molecule has 0 radical (unpaired) electrons. The predicted molar refractivity (Wildman–Crippen MR) is 95.8 cm³/mol. The Morgan fingerprint density at radius 2 is 1.96 bits per heavy atom. The summed E-state index contributed by atoms with van der Waals surface area (Å²) in [5.74, 6) is 0.409. The van der Waals surface area contributed by atoms with E-state index in [9.17, 15) is 14.9 Å². The van der Waals surface area contributed by atoms with Crippen molar-refractivity contribution < 1.29 is 14.5 Å². The van der Waals surface area contributed by atoms with E-state index < -0.39 is 16.6 Å². The van der Waals surface area contributed by atoms with Crippen LogP contribution < -0.4 is 9.32 Å². The fourth-order valence-corrected chi connectivity index (χ4v) is 2.28. The molecule has 24 heavy (non-hydrogen) atoms. The third kappa shape index (κ3) is 5.56. The first kappa shape index (κ1) is 20.0. The van der Waals surface area contributed by atoms with Gasteiger partial charge in [-0.1, -0.05) is 13.8 Å². The minimum atomic E-state index is -0.865. The summed E-state index contributed by atoms with van der Waals surface area (Å²) in [7, 11) is 1.87. The lowest BCUT2D eigenvalue weighted by atomic mass is 10.1. The summed E-state index contributed by atoms with van der Waals surface area (Å²) in [4.78, 5) is 24.7. The van der Waals surface area contributed by atoms with E-state index in [2.05, 4.69) is 13.8 Å². The molecule has 0 unspecified atom stereocenters. The van der Waals surface area contributed by atoms with E-state index in [4.69, 9.17) is 16.5 Å². The van der Waals surface area contributed by atoms with Crippen molar-refractivity contribution in [3.63, 3.8) is 0 Å². The Balaban J connectivity index is 3.22. The molecule has 0 spiro atoms. The third-order valence-electron chi connectivity index (χ3n) is 3.00. The summed E-state index contributed by atoms with van der Waals surface area (Å²) in [6.07, 6.45) is -0.865. The van der Waals surface area contributed by atoms with Gasteiger partial charge in [0.1, 0.15) is 11.3 Å². The molecule has 1 amide bonds. The number of carbonyl (C=O) groups is 1. The molecule has 0 fully saturated rings. The van der Waals surface area contributed by atoms with E-state index >= 15 is 0 Å². The summed E-state index contributed by atoms with van der Waals surface area (Å²) in [5, 5.41) is 11.2. The van der Waals surface area contributed by atoms with Gasteiger partial charge in [-0.25, -0.2) is 4.79 Å². The molecule has 8 heteroatoms. The van der Waals surface area contributed by atoms with Gasteiger partial charge in [-0.2, -0.15) is 4.42 Å². The highest BCUT2D eigenvalue weighted by Gasteiger charge is 2.28. The lowest BCUT2D eigenvalue weighted by Crippen LogP contribution is -2.31. The first-order valence-corrected chi connectivity index (χ1v) is 7.94. The van der Waals surface area contributed by atoms with Crippen LogP contribution >= 0.6 is 11.8 Å². The number of nitro groups is 1. The highest BCUT2D eigenvalue weighted by molar-refractivity contribution is 6.36. The van der Waals surface area contributed by atoms with Gasteiger partial charge in [0.25, 0.3) is 5.69 Å². The smallest absolute Gasteiger partial charge is 0.430 e. The van der Waals surface area contributed by atoms with Crippen LogP contribution in [0, 0.1) is 16.0 Å². The van der Waals surface area contributed by atoms with Gasteiger partial charge in [0.15, 0.2) is 0 Å². The molecule has 0 atom stereocenters. The van der Waals surface area contributed by atoms with Gasteiger partial charge >= 0.3 is 6.09 Å². The van der Waals surface area contributed by atoms with Crippen molar-refractivity contribution in [1.29, 1.82) is 0 Å². The topological polar surface area (TPSA) is 75.9 Å². The van der Waals surface area contributed by atoms with Crippen molar-refractivity contribution in [2.45, 2.75) is 40.2 Å². The Hall–Kier alpha value is -2.02. The SMILES string of the molecule is CC(C)CN(C)c1ccc([N+](=O)[O-])c(N(Cl)C(=O)OC(C)(C)C)c1. The van der Waals surface area contributed by atoms with Crippen molar-refractivity contribution in [1.82, 2.24) is 0 Å². The zero-order valence-corrected chi connectivity index (χ0v) is 15.6. The van der Waals surface area contributed by atoms with E-state index in [1.54, 1.807) is 26.8 Å². The van der Waals surface area contributed by atoms with Gasteiger partial charge < -0.3 is 9.64 Å². The molecule has 0 aliphatic heterocycles. The fraction of sp³-hybridized carbons (Fsp3) is 0.562. The number of amides is 1. The van der Waals surface area contributed by atoms with Crippen LogP contribution in [-0.2, 0) is 4.74 Å². The van der Waals surface area contributed by atoms with Crippen LogP contribution in [0.25, 0.3) is 0 Å². The summed E-state index contributed by atoms with van der Waals surface area (Å²) < 4.78 is 5.82. The second kappa shape index (κ2) is 7.70. The van der Waals surface area contributed by atoms with E-state index in [0.717, 1.165) is 12.2 Å². The number of hydrogen-bond acceptors (Lipinski definition) is 5. The van der Waals surface area contributed by atoms with Crippen LogP contribution in [-0.4, -0.2) is 30.2 Å². The fourth-order valence-electron chi connectivity index (χ4n) is 2.11. The summed E-state index contributed by atoms with van der Waals surface area (Å²) in [6, 6.07) is 4.47. The minimum absolute atomic E-state index is 0.0241. The van der Waals surface area contributed by atoms with Crippen LogP contribution in [0.2, 0.25) is 0 Å². The lowest BCUT2D eigenvalue weighted by molar-refractivity contribution is -0.384. The summed E-state index contributed by atoms with van der Waals surface area (Å²) in [5.41, 5.74) is -0.328. The van der Waals surface area contributed by atoms with E-state index in [1.165, 1.54) is 12.1 Å². The molecule has 1 aromatic carbocycles. The molecule has 1 aromatic rings. The van der Waals surface area contributed by atoms with Gasteiger partial charge in [-0.3, -0.25) is 10.1 Å². The van der Waals surface area contributed by atoms with Crippen LogP contribution in [0.5, 0.6) is 0 Å². The number of carbonyl (C=O) groups excluding carboxylic acids is 1. The number of nitro benzene ring substituents is 1. The van der Waals surface area contributed by atoms with E-state index in [-0.39, 0.29) is 11.4 Å². The second-order valence-corrected chi connectivity index (χ2v) is 7.30. The summed E-state index contributed by atoms with van der Waals surface area (Å²) in [6.45, 7) is 9.96. The number of benzene rings is 1. The number of ether oxygens (including phenoxy) is 1. The van der Waals surface area contributed by atoms with Crippen LogP contribution in [0.15, 0.2) is 18.2 Å². The number of halogens is 1. The maximum atomic E-state index is 12.1. The van der Waals surface area contributed by atoms with E-state index in [1.807, 2.05) is 11.9 Å². The quantitative estimate of drug-likeness (QED) is 0.438. The zero-order valence-electron chi connectivity index (χ0n) is 14.9. The molecule has 0 N–H and O–H groups in total. The van der Waals surface area contributed by atoms with Gasteiger partial charge in [-0.05, 0) is 38.8 Å². The van der Waals surface area contributed by atoms with Crippen molar-refractivity contribution in [3.05, 3.63) is 28.3 Å². The summed E-state index contributed by atoms with van der Waals surface area (Å²) >= 11 is 6.03. The molecule has 0 saturated heterocycles. The Morgan fingerprint density at radius 3 is 2.42 bits per heavy atom. The normalized spacial score (nSPS) is 11.3. The molecule has 1 rings (SSSR count). The molecule has 134 valence electrons. The predicted octanol–water partition coefficient (Wildman–Crippen LogP) is 4.58. The maximum Gasteiger partial charge on any atom is 0.430 e. The minimum Gasteiger partial charge on any atom is -0.443 e. The van der Waals surface area contributed by atoms with Gasteiger partial charge in [0.05, 0.1) is 4.92 Å². The average molecular weight is 358 g/mol. The number of anilines is 2. The van der Waals surface area contributed by atoms with Crippen molar-refractivity contribution >= 4 is 34.9 Å². The van der Waals surface area contributed by atoms with Crippen LogP contribution in [0.3, 0.4) is 0 Å². The van der Waals surface area contributed by atoms with Crippen LogP contribution in [0.4, 0.5) is 21.9 Å². The standard InChI is InChI=1S/C16H24ClN3O4/c1-11(2)10-18(6)12-7-8-13(20(22)23)14(9-12)19(17)15(21)24-16(3,4)5/h7-9,11H,10H2,1-6H3. The molecule has 0 aromatic heterocycles. The first-order valence-electron chi connectivity index (χ1n) is 7.61. The third-order valence-corrected chi connectivity index (χ3v) is 3.32. The molecular weight excluding hydrogens is 334 g/mol. The highest BCUT2D eigenvalue weighted by atomic mass is 35.5. The molecule has 0 bridgehead atoms. The average Bonchev–Trinajstić information content (AvgIpc) is 2.43. The van der Waals surface area contributed by atoms with Gasteiger partial charge in [0.2, 0.25) is 0 Å².